The molecule has 1 aliphatic rings. The highest BCUT2D eigenvalue weighted by molar-refractivity contribution is 5.96. The lowest BCUT2D eigenvalue weighted by Gasteiger charge is -2.19. The first kappa shape index (κ1) is 17.9. The number of rotatable bonds is 5. The predicted molar refractivity (Wildman–Crippen MR) is 98.0 cm³/mol. The van der Waals surface area contributed by atoms with Gasteiger partial charge in [0.1, 0.15) is 18.0 Å². The van der Waals surface area contributed by atoms with Crippen LogP contribution in [0, 0.1) is 13.8 Å². The van der Waals surface area contributed by atoms with Gasteiger partial charge in [-0.1, -0.05) is 17.3 Å². The van der Waals surface area contributed by atoms with Crippen molar-refractivity contribution in [3.8, 4) is 0 Å². The minimum atomic E-state index is -0.208. The van der Waals surface area contributed by atoms with Gasteiger partial charge in [-0.15, -0.1) is 11.1 Å². The number of nitrogens with one attached hydrogen (secondary N) is 2. The molecule has 0 atom stereocenters. The number of hydrogen-bond acceptors (Lipinski definition) is 6. The average molecular weight is 357 g/mol. The van der Waals surface area contributed by atoms with Crippen LogP contribution in [0.1, 0.15) is 29.4 Å². The Labute approximate surface area is 152 Å². The van der Waals surface area contributed by atoms with Gasteiger partial charge in [0.15, 0.2) is 0 Å². The zero-order valence-corrected chi connectivity index (χ0v) is 15.6. The molecule has 2 heterocycles. The van der Waals surface area contributed by atoms with Crippen LogP contribution in [-0.2, 0) is 18.5 Å². The van der Waals surface area contributed by atoms with Crippen molar-refractivity contribution < 1.29 is 9.63 Å². The van der Waals surface area contributed by atoms with Gasteiger partial charge in [-0.25, -0.2) is 14.8 Å². The standard InChI is InChI=1S/C17H23N7O2/c1-11-7-6-8-16(24-17(25)23(5)20-21-24)14(11)10-26-19-13(3)15-9-12(2)22(4)18-15/h6-9,20-21H,10H2,1-5H3/b19-13-. The summed E-state index contributed by atoms with van der Waals surface area (Å²) in [6.45, 7) is 6.04. The first-order chi connectivity index (χ1) is 12.4. The van der Waals surface area contributed by atoms with Crippen LogP contribution >= 0.6 is 0 Å². The van der Waals surface area contributed by atoms with E-state index in [1.54, 1.807) is 11.7 Å². The molecule has 2 amide bonds. The highest BCUT2D eigenvalue weighted by Crippen LogP contribution is 2.25. The van der Waals surface area contributed by atoms with E-state index in [-0.39, 0.29) is 12.6 Å². The normalized spacial score (nSPS) is 15.1. The Hall–Kier alpha value is -2.91. The number of hydrazine groups is 3. The van der Waals surface area contributed by atoms with Gasteiger partial charge in [0.25, 0.3) is 0 Å². The third-order valence-corrected chi connectivity index (χ3v) is 4.33. The molecule has 138 valence electrons. The molecule has 0 aliphatic carbocycles. The summed E-state index contributed by atoms with van der Waals surface area (Å²) in [4.78, 5) is 17.8. The Morgan fingerprint density at radius 2 is 2.04 bits per heavy atom. The van der Waals surface area contributed by atoms with Crippen LogP contribution in [-0.4, -0.2) is 33.6 Å². The molecule has 9 heteroatoms. The first-order valence-electron chi connectivity index (χ1n) is 8.23. The number of benzene rings is 1. The van der Waals surface area contributed by atoms with E-state index in [0.717, 1.165) is 22.5 Å². The summed E-state index contributed by atoms with van der Waals surface area (Å²) in [5.74, 6) is 0. The Kier molecular flexibility index (Phi) is 4.92. The molecule has 1 aliphatic heterocycles. The van der Waals surface area contributed by atoms with Gasteiger partial charge in [-0.05, 0) is 38.5 Å². The molecule has 2 N–H and O–H groups in total. The summed E-state index contributed by atoms with van der Waals surface area (Å²) in [6, 6.07) is 7.47. The number of anilines is 1. The van der Waals surface area contributed by atoms with Crippen LogP contribution < -0.4 is 16.1 Å². The second-order valence-corrected chi connectivity index (χ2v) is 6.22. The highest BCUT2D eigenvalue weighted by Gasteiger charge is 2.28. The molecule has 2 aromatic rings. The van der Waals surface area contributed by atoms with E-state index < -0.39 is 0 Å². The first-order valence-corrected chi connectivity index (χ1v) is 8.23. The van der Waals surface area contributed by atoms with Crippen LogP contribution in [0.15, 0.2) is 29.4 Å². The molecule has 9 nitrogen and oxygen atoms in total. The van der Waals surface area contributed by atoms with Gasteiger partial charge in [0, 0.05) is 25.4 Å². The van der Waals surface area contributed by atoms with Crippen molar-refractivity contribution in [2.75, 3.05) is 12.1 Å². The summed E-state index contributed by atoms with van der Waals surface area (Å²) >= 11 is 0. The summed E-state index contributed by atoms with van der Waals surface area (Å²) in [5, 5.41) is 11.4. The maximum atomic E-state index is 12.2. The molecule has 3 rings (SSSR count). The third kappa shape index (κ3) is 3.39. The van der Waals surface area contributed by atoms with E-state index in [4.69, 9.17) is 4.84 Å². The molecular formula is C17H23N7O2. The number of nitrogens with zero attached hydrogens (tertiary/aromatic N) is 5. The molecule has 1 aromatic carbocycles. The molecule has 0 unspecified atom stereocenters. The topological polar surface area (TPSA) is 87.0 Å². The van der Waals surface area contributed by atoms with Gasteiger partial charge in [-0.3, -0.25) is 4.68 Å². The fourth-order valence-corrected chi connectivity index (χ4v) is 2.60. The number of aryl methyl sites for hydroxylation is 3. The second-order valence-electron chi connectivity index (χ2n) is 6.22. The number of aromatic nitrogens is 2. The number of carbonyl (C=O) groups excluding carboxylic acids is 1. The minimum absolute atomic E-state index is 0.208. The fourth-order valence-electron chi connectivity index (χ4n) is 2.60. The van der Waals surface area contributed by atoms with Crippen LogP contribution in [0.2, 0.25) is 0 Å². The lowest BCUT2D eigenvalue weighted by atomic mass is 10.1. The number of hydrogen-bond donors (Lipinski definition) is 2. The zero-order valence-electron chi connectivity index (χ0n) is 15.6. The summed E-state index contributed by atoms with van der Waals surface area (Å²) < 4.78 is 1.79. The Bertz CT molecular complexity index is 839. The van der Waals surface area contributed by atoms with Gasteiger partial charge < -0.3 is 4.84 Å². The lowest BCUT2D eigenvalue weighted by molar-refractivity contribution is 0.130. The SMILES string of the molecule is C/C(=N/OCc1c(C)cccc1N1NNN(C)C1=O)c1cc(C)n(C)n1. The number of amides is 2. The molecule has 26 heavy (non-hydrogen) atoms. The Morgan fingerprint density at radius 1 is 1.27 bits per heavy atom. The minimum Gasteiger partial charge on any atom is -0.391 e. The van der Waals surface area contributed by atoms with Gasteiger partial charge >= 0.3 is 6.03 Å². The monoisotopic (exact) mass is 357 g/mol. The highest BCUT2D eigenvalue weighted by atomic mass is 16.6. The maximum Gasteiger partial charge on any atom is 0.355 e. The van der Waals surface area contributed by atoms with Crippen molar-refractivity contribution in [2.45, 2.75) is 27.4 Å². The lowest BCUT2D eigenvalue weighted by Crippen LogP contribution is -2.38. The Balaban J connectivity index is 1.78. The van der Waals surface area contributed by atoms with E-state index >= 15 is 0 Å². The van der Waals surface area contributed by atoms with Crippen molar-refractivity contribution in [2.24, 2.45) is 12.2 Å². The van der Waals surface area contributed by atoms with Gasteiger partial charge in [-0.2, -0.15) is 5.10 Å². The van der Waals surface area contributed by atoms with Crippen LogP contribution in [0.4, 0.5) is 10.5 Å². The van der Waals surface area contributed by atoms with Crippen molar-refractivity contribution in [3.63, 3.8) is 0 Å². The number of carbonyl (C=O) groups is 1. The van der Waals surface area contributed by atoms with Gasteiger partial charge in [0.2, 0.25) is 0 Å². The average Bonchev–Trinajstić information content (AvgIpc) is 3.12. The van der Waals surface area contributed by atoms with Crippen molar-refractivity contribution >= 4 is 17.4 Å². The fraction of sp³-hybridized carbons (Fsp3) is 0.353. The maximum absolute atomic E-state index is 12.2. The van der Waals surface area contributed by atoms with E-state index in [2.05, 4.69) is 21.3 Å². The molecule has 1 fully saturated rings. The molecular weight excluding hydrogens is 334 g/mol. The largest absolute Gasteiger partial charge is 0.391 e. The molecule has 0 bridgehead atoms. The molecule has 1 aromatic heterocycles. The molecule has 0 saturated carbocycles. The van der Waals surface area contributed by atoms with Crippen LogP contribution in [0.3, 0.4) is 0 Å². The summed E-state index contributed by atoms with van der Waals surface area (Å²) in [6.07, 6.45) is 0. The Morgan fingerprint density at radius 3 is 2.65 bits per heavy atom. The van der Waals surface area contributed by atoms with E-state index in [1.165, 1.54) is 10.0 Å². The van der Waals surface area contributed by atoms with Crippen molar-refractivity contribution in [1.29, 1.82) is 0 Å². The smallest absolute Gasteiger partial charge is 0.355 e. The van der Waals surface area contributed by atoms with Crippen LogP contribution in [0.5, 0.6) is 0 Å². The van der Waals surface area contributed by atoms with Crippen molar-refractivity contribution in [1.82, 2.24) is 25.9 Å². The number of oxime groups is 1. The van der Waals surface area contributed by atoms with Crippen LogP contribution in [0.25, 0.3) is 0 Å². The van der Waals surface area contributed by atoms with E-state index in [9.17, 15) is 4.79 Å². The second kappa shape index (κ2) is 7.14. The summed E-state index contributed by atoms with van der Waals surface area (Å²) in [5.41, 5.74) is 10.7. The van der Waals surface area contributed by atoms with E-state index in [0.29, 0.717) is 11.4 Å². The van der Waals surface area contributed by atoms with Gasteiger partial charge in [0.05, 0.1) is 5.69 Å². The summed E-state index contributed by atoms with van der Waals surface area (Å²) in [7, 11) is 3.53. The molecule has 0 radical (unpaired) electrons. The van der Waals surface area contributed by atoms with Crippen molar-refractivity contribution in [3.05, 3.63) is 46.8 Å². The third-order valence-electron chi connectivity index (χ3n) is 4.33. The number of urea groups is 1. The molecule has 1 saturated heterocycles. The quantitative estimate of drug-likeness (QED) is 0.629. The molecule has 0 spiro atoms. The van der Waals surface area contributed by atoms with E-state index in [1.807, 2.05) is 52.1 Å². The predicted octanol–water partition coefficient (Wildman–Crippen LogP) is 1.77. The zero-order chi connectivity index (χ0) is 18.8.